The van der Waals surface area contributed by atoms with Gasteiger partial charge in [0.2, 0.25) is 10.0 Å². The highest BCUT2D eigenvalue weighted by molar-refractivity contribution is 7.88. The Labute approximate surface area is 159 Å². The zero-order valence-corrected chi connectivity index (χ0v) is 16.5. The first-order chi connectivity index (χ1) is 12.8. The van der Waals surface area contributed by atoms with Crippen LogP contribution in [0.2, 0.25) is 0 Å². The maximum Gasteiger partial charge on any atom is 0.337 e. The fourth-order valence-electron chi connectivity index (χ4n) is 2.58. The maximum atomic E-state index is 12.5. The summed E-state index contributed by atoms with van der Waals surface area (Å²) in [6.45, 7) is 1.75. The van der Waals surface area contributed by atoms with Crippen LogP contribution >= 0.6 is 0 Å². The van der Waals surface area contributed by atoms with Crippen molar-refractivity contribution in [3.63, 3.8) is 0 Å². The number of rotatable bonds is 8. The molecule has 1 atom stereocenters. The average molecular weight is 393 g/mol. The second-order valence-electron chi connectivity index (χ2n) is 5.90. The number of nitrogens with one attached hydrogen (secondary N) is 1. The van der Waals surface area contributed by atoms with E-state index in [0.29, 0.717) is 22.6 Å². The summed E-state index contributed by atoms with van der Waals surface area (Å²) in [7, 11) is 0.757. The minimum Gasteiger partial charge on any atom is -0.493 e. The van der Waals surface area contributed by atoms with E-state index in [4.69, 9.17) is 9.47 Å². The zero-order valence-electron chi connectivity index (χ0n) is 15.7. The summed E-state index contributed by atoms with van der Waals surface area (Å²) < 4.78 is 42.7. The number of methoxy groups -OCH3 is 3. The highest BCUT2D eigenvalue weighted by Crippen LogP contribution is 2.30. The van der Waals surface area contributed by atoms with E-state index in [9.17, 15) is 13.2 Å². The molecule has 27 heavy (non-hydrogen) atoms. The lowest BCUT2D eigenvalue weighted by atomic mass is 10.1. The molecule has 0 saturated heterocycles. The van der Waals surface area contributed by atoms with Gasteiger partial charge in [0.15, 0.2) is 11.5 Å². The molecule has 146 valence electrons. The van der Waals surface area contributed by atoms with Gasteiger partial charge in [0.25, 0.3) is 0 Å². The molecule has 2 rings (SSSR count). The molecule has 0 fully saturated rings. The summed E-state index contributed by atoms with van der Waals surface area (Å²) in [4.78, 5) is 11.4. The summed E-state index contributed by atoms with van der Waals surface area (Å²) in [6, 6.07) is 11.0. The molecule has 1 N–H and O–H groups in total. The van der Waals surface area contributed by atoms with E-state index in [2.05, 4.69) is 9.46 Å². The third-order valence-corrected chi connectivity index (χ3v) is 5.42. The smallest absolute Gasteiger partial charge is 0.337 e. The predicted octanol–water partition coefficient (Wildman–Crippen LogP) is 2.67. The van der Waals surface area contributed by atoms with Crippen molar-refractivity contribution in [3.8, 4) is 11.5 Å². The minimum absolute atomic E-state index is 0.202. The van der Waals surface area contributed by atoms with E-state index in [-0.39, 0.29) is 5.75 Å². The molecule has 0 spiro atoms. The van der Waals surface area contributed by atoms with Crippen molar-refractivity contribution < 1.29 is 27.4 Å². The first-order valence-corrected chi connectivity index (χ1v) is 9.84. The van der Waals surface area contributed by atoms with E-state index >= 15 is 0 Å². The van der Waals surface area contributed by atoms with Gasteiger partial charge in [-0.05, 0) is 42.3 Å². The van der Waals surface area contributed by atoms with Crippen LogP contribution in [-0.4, -0.2) is 35.7 Å². The second-order valence-corrected chi connectivity index (χ2v) is 7.66. The third kappa shape index (κ3) is 5.45. The lowest BCUT2D eigenvalue weighted by Crippen LogP contribution is -2.28. The van der Waals surface area contributed by atoms with Gasteiger partial charge in [0.05, 0.1) is 32.6 Å². The number of benzene rings is 2. The molecule has 2 aromatic rings. The topological polar surface area (TPSA) is 90.9 Å². The van der Waals surface area contributed by atoms with Crippen molar-refractivity contribution >= 4 is 16.0 Å². The van der Waals surface area contributed by atoms with E-state index in [1.54, 1.807) is 37.3 Å². The van der Waals surface area contributed by atoms with Gasteiger partial charge >= 0.3 is 5.97 Å². The Morgan fingerprint density at radius 2 is 1.63 bits per heavy atom. The van der Waals surface area contributed by atoms with Gasteiger partial charge in [-0.25, -0.2) is 17.9 Å². The van der Waals surface area contributed by atoms with Crippen LogP contribution in [0.25, 0.3) is 0 Å². The molecule has 0 aliphatic carbocycles. The third-order valence-electron chi connectivity index (χ3n) is 4.00. The average Bonchev–Trinajstić information content (AvgIpc) is 2.66. The van der Waals surface area contributed by atoms with E-state index in [1.807, 2.05) is 0 Å². The Morgan fingerprint density at radius 3 is 2.19 bits per heavy atom. The van der Waals surface area contributed by atoms with Gasteiger partial charge in [-0.15, -0.1) is 0 Å². The van der Waals surface area contributed by atoms with Crippen molar-refractivity contribution in [2.45, 2.75) is 18.7 Å². The summed E-state index contributed by atoms with van der Waals surface area (Å²) in [5, 5.41) is 0. The summed E-state index contributed by atoms with van der Waals surface area (Å²) in [5.74, 6) is 0.428. The lowest BCUT2D eigenvalue weighted by molar-refractivity contribution is 0.0600. The Balaban J connectivity index is 2.10. The standard InChI is InChI=1S/C19H23NO6S/c1-13(16-9-10-17(24-2)18(11-16)25-3)20-27(22,23)12-14-5-7-15(8-6-14)19(21)26-4/h5-11,13,20H,12H2,1-4H3/t13-/m1/s1. The van der Waals surface area contributed by atoms with Crippen molar-refractivity contribution in [3.05, 3.63) is 59.2 Å². The van der Waals surface area contributed by atoms with E-state index < -0.39 is 22.0 Å². The van der Waals surface area contributed by atoms with Crippen LogP contribution in [0.5, 0.6) is 11.5 Å². The number of hydrogen-bond donors (Lipinski definition) is 1. The quantitative estimate of drug-likeness (QED) is 0.694. The van der Waals surface area contributed by atoms with Crippen LogP contribution in [-0.2, 0) is 20.5 Å². The van der Waals surface area contributed by atoms with Crippen molar-refractivity contribution in [1.82, 2.24) is 4.72 Å². The molecule has 0 aliphatic rings. The fourth-order valence-corrected chi connectivity index (χ4v) is 3.96. The molecule has 2 aromatic carbocycles. The van der Waals surface area contributed by atoms with Gasteiger partial charge in [0.1, 0.15) is 0 Å². The molecule has 0 amide bonds. The van der Waals surface area contributed by atoms with Crippen LogP contribution < -0.4 is 14.2 Å². The first-order valence-electron chi connectivity index (χ1n) is 8.19. The van der Waals surface area contributed by atoms with Crippen LogP contribution in [0.3, 0.4) is 0 Å². The Hall–Kier alpha value is -2.58. The Kier molecular flexibility index (Phi) is 6.81. The van der Waals surface area contributed by atoms with Gasteiger partial charge in [-0.1, -0.05) is 18.2 Å². The summed E-state index contributed by atoms with van der Waals surface area (Å²) in [5.41, 5.74) is 1.68. The molecule has 0 saturated carbocycles. The van der Waals surface area contributed by atoms with E-state index in [0.717, 1.165) is 5.56 Å². The predicted molar refractivity (Wildman–Crippen MR) is 102 cm³/mol. The largest absolute Gasteiger partial charge is 0.493 e. The van der Waals surface area contributed by atoms with Crippen molar-refractivity contribution in [2.75, 3.05) is 21.3 Å². The fraction of sp³-hybridized carbons (Fsp3) is 0.316. The number of hydrogen-bond acceptors (Lipinski definition) is 6. The summed E-state index contributed by atoms with van der Waals surface area (Å²) in [6.07, 6.45) is 0. The maximum absolute atomic E-state index is 12.5. The molecular formula is C19H23NO6S. The summed E-state index contributed by atoms with van der Waals surface area (Å²) >= 11 is 0. The first kappa shape index (κ1) is 20.7. The molecule has 0 unspecified atom stereocenters. The molecule has 0 radical (unpaired) electrons. The number of esters is 1. The number of sulfonamides is 1. The van der Waals surface area contributed by atoms with Crippen LogP contribution in [0.4, 0.5) is 0 Å². The van der Waals surface area contributed by atoms with Gasteiger partial charge in [-0.3, -0.25) is 0 Å². The number of ether oxygens (including phenoxy) is 3. The molecule has 7 nitrogen and oxygen atoms in total. The Morgan fingerprint density at radius 1 is 1.00 bits per heavy atom. The zero-order chi connectivity index (χ0) is 20.0. The van der Waals surface area contributed by atoms with Crippen molar-refractivity contribution in [1.29, 1.82) is 0 Å². The molecule has 0 aliphatic heterocycles. The minimum atomic E-state index is -3.59. The number of carbonyl (C=O) groups excluding carboxylic acids is 1. The molecule has 0 aromatic heterocycles. The normalized spacial score (nSPS) is 12.3. The highest BCUT2D eigenvalue weighted by atomic mass is 32.2. The van der Waals surface area contributed by atoms with E-state index in [1.165, 1.54) is 33.5 Å². The second kappa shape index (κ2) is 8.88. The number of carbonyl (C=O) groups is 1. The van der Waals surface area contributed by atoms with Crippen LogP contribution in [0.1, 0.15) is 34.5 Å². The SMILES string of the molecule is COC(=O)c1ccc(CS(=O)(=O)N[C@H](C)c2ccc(OC)c(OC)c2)cc1. The van der Waals surface area contributed by atoms with Crippen LogP contribution in [0.15, 0.2) is 42.5 Å². The molecular weight excluding hydrogens is 370 g/mol. The van der Waals surface area contributed by atoms with Crippen molar-refractivity contribution in [2.24, 2.45) is 0 Å². The lowest BCUT2D eigenvalue weighted by Gasteiger charge is -2.17. The molecule has 0 bridgehead atoms. The Bertz CT molecular complexity index is 893. The molecule has 0 heterocycles. The van der Waals surface area contributed by atoms with Gasteiger partial charge < -0.3 is 14.2 Å². The van der Waals surface area contributed by atoms with Gasteiger partial charge in [0, 0.05) is 6.04 Å². The highest BCUT2D eigenvalue weighted by Gasteiger charge is 2.18. The van der Waals surface area contributed by atoms with Crippen LogP contribution in [0, 0.1) is 0 Å². The monoisotopic (exact) mass is 393 g/mol. The molecule has 8 heteroatoms. The van der Waals surface area contributed by atoms with Gasteiger partial charge in [-0.2, -0.15) is 0 Å².